The SMILES string of the molecule is CC(C)CN(C(=O)C(=O)N1CCNCC1)C1CCCC1. The van der Waals surface area contributed by atoms with Crippen LogP contribution in [0.5, 0.6) is 0 Å². The highest BCUT2D eigenvalue weighted by molar-refractivity contribution is 6.35. The van der Waals surface area contributed by atoms with E-state index in [1.54, 1.807) is 4.90 Å². The molecular weight excluding hydrogens is 254 g/mol. The fourth-order valence-corrected chi connectivity index (χ4v) is 3.13. The Morgan fingerprint density at radius 1 is 1.20 bits per heavy atom. The number of carbonyl (C=O) groups excluding carboxylic acids is 2. The first-order valence-corrected chi connectivity index (χ1v) is 7.90. The molecule has 0 atom stereocenters. The molecule has 1 saturated heterocycles. The van der Waals surface area contributed by atoms with Gasteiger partial charge in [0.2, 0.25) is 0 Å². The van der Waals surface area contributed by atoms with E-state index in [9.17, 15) is 9.59 Å². The molecule has 20 heavy (non-hydrogen) atoms. The van der Waals surface area contributed by atoms with Crippen LogP contribution in [0.4, 0.5) is 0 Å². The number of piperazine rings is 1. The van der Waals surface area contributed by atoms with Crippen molar-refractivity contribution in [3.8, 4) is 0 Å². The molecule has 0 aromatic carbocycles. The molecule has 2 fully saturated rings. The van der Waals surface area contributed by atoms with Gasteiger partial charge in [-0.15, -0.1) is 0 Å². The molecule has 0 aromatic heterocycles. The van der Waals surface area contributed by atoms with Crippen molar-refractivity contribution >= 4 is 11.8 Å². The number of carbonyl (C=O) groups is 2. The second kappa shape index (κ2) is 7.07. The van der Waals surface area contributed by atoms with Crippen LogP contribution < -0.4 is 5.32 Å². The summed E-state index contributed by atoms with van der Waals surface area (Å²) in [5, 5.41) is 3.21. The quantitative estimate of drug-likeness (QED) is 0.780. The summed E-state index contributed by atoms with van der Waals surface area (Å²) in [6, 6.07) is 0.275. The van der Waals surface area contributed by atoms with Crippen molar-refractivity contribution in [3.05, 3.63) is 0 Å². The fourth-order valence-electron chi connectivity index (χ4n) is 3.13. The summed E-state index contributed by atoms with van der Waals surface area (Å²) in [6.07, 6.45) is 4.45. The van der Waals surface area contributed by atoms with Crippen molar-refractivity contribution in [2.24, 2.45) is 5.92 Å². The molecule has 1 aliphatic heterocycles. The highest BCUT2D eigenvalue weighted by Gasteiger charge is 2.33. The smallest absolute Gasteiger partial charge is 0.312 e. The second-order valence-corrected chi connectivity index (χ2v) is 6.33. The lowest BCUT2D eigenvalue weighted by atomic mass is 10.1. The van der Waals surface area contributed by atoms with Crippen molar-refractivity contribution in [3.63, 3.8) is 0 Å². The third-order valence-corrected chi connectivity index (χ3v) is 4.18. The molecule has 0 spiro atoms. The molecule has 0 bridgehead atoms. The summed E-state index contributed by atoms with van der Waals surface area (Å²) in [4.78, 5) is 28.5. The Hall–Kier alpha value is -1.10. The Balaban J connectivity index is 2.02. The number of rotatable bonds is 3. The predicted molar refractivity (Wildman–Crippen MR) is 78.3 cm³/mol. The molecule has 2 aliphatic rings. The summed E-state index contributed by atoms with van der Waals surface area (Å²) in [5.74, 6) is -0.193. The third-order valence-electron chi connectivity index (χ3n) is 4.18. The van der Waals surface area contributed by atoms with Crippen LogP contribution in [0.1, 0.15) is 39.5 Å². The maximum atomic E-state index is 12.6. The monoisotopic (exact) mass is 281 g/mol. The fraction of sp³-hybridized carbons (Fsp3) is 0.867. The first-order valence-electron chi connectivity index (χ1n) is 7.90. The lowest BCUT2D eigenvalue weighted by molar-refractivity contribution is -0.153. The highest BCUT2D eigenvalue weighted by atomic mass is 16.2. The topological polar surface area (TPSA) is 52.7 Å². The van der Waals surface area contributed by atoms with Gasteiger partial charge >= 0.3 is 11.8 Å². The number of nitrogens with one attached hydrogen (secondary N) is 1. The van der Waals surface area contributed by atoms with Crippen LogP contribution in [-0.4, -0.2) is 60.4 Å². The van der Waals surface area contributed by atoms with Crippen LogP contribution in [0.25, 0.3) is 0 Å². The Morgan fingerprint density at radius 2 is 1.80 bits per heavy atom. The molecular formula is C15H27N3O2. The molecule has 5 nitrogen and oxygen atoms in total. The third kappa shape index (κ3) is 3.72. The number of hydrogen-bond donors (Lipinski definition) is 1. The van der Waals surface area contributed by atoms with Crippen molar-refractivity contribution in [2.45, 2.75) is 45.6 Å². The van der Waals surface area contributed by atoms with E-state index in [0.717, 1.165) is 25.9 Å². The summed E-state index contributed by atoms with van der Waals surface area (Å²) < 4.78 is 0. The van der Waals surface area contributed by atoms with Gasteiger partial charge in [0.15, 0.2) is 0 Å². The molecule has 1 heterocycles. The van der Waals surface area contributed by atoms with E-state index < -0.39 is 0 Å². The summed E-state index contributed by atoms with van der Waals surface area (Å²) in [7, 11) is 0. The van der Waals surface area contributed by atoms with Gasteiger partial charge in [-0.2, -0.15) is 0 Å². The highest BCUT2D eigenvalue weighted by Crippen LogP contribution is 2.24. The van der Waals surface area contributed by atoms with Crippen LogP contribution in [0.15, 0.2) is 0 Å². The van der Waals surface area contributed by atoms with Crippen molar-refractivity contribution in [1.82, 2.24) is 15.1 Å². The largest absolute Gasteiger partial charge is 0.332 e. The van der Waals surface area contributed by atoms with Gasteiger partial charge in [0, 0.05) is 38.8 Å². The molecule has 114 valence electrons. The van der Waals surface area contributed by atoms with Crippen LogP contribution in [0, 0.1) is 5.92 Å². The van der Waals surface area contributed by atoms with Crippen molar-refractivity contribution < 1.29 is 9.59 Å². The second-order valence-electron chi connectivity index (χ2n) is 6.33. The Morgan fingerprint density at radius 3 is 2.35 bits per heavy atom. The maximum Gasteiger partial charge on any atom is 0.312 e. The van der Waals surface area contributed by atoms with Crippen molar-refractivity contribution in [1.29, 1.82) is 0 Å². The first-order chi connectivity index (χ1) is 9.59. The molecule has 5 heteroatoms. The van der Waals surface area contributed by atoms with Crippen LogP contribution >= 0.6 is 0 Å². The standard InChI is InChI=1S/C15H27N3O2/c1-12(2)11-18(13-5-3-4-6-13)15(20)14(19)17-9-7-16-8-10-17/h12-13,16H,3-11H2,1-2H3. The molecule has 0 radical (unpaired) electrons. The van der Waals surface area contributed by atoms with Crippen molar-refractivity contribution in [2.75, 3.05) is 32.7 Å². The van der Waals surface area contributed by atoms with Gasteiger partial charge in [-0.1, -0.05) is 26.7 Å². The Bertz CT molecular complexity index is 345. The van der Waals surface area contributed by atoms with Gasteiger partial charge in [-0.3, -0.25) is 9.59 Å². The van der Waals surface area contributed by atoms with Gasteiger partial charge in [0.1, 0.15) is 0 Å². The number of hydrogen-bond acceptors (Lipinski definition) is 3. The minimum atomic E-state index is -0.306. The molecule has 2 rings (SSSR count). The zero-order valence-electron chi connectivity index (χ0n) is 12.7. The average molecular weight is 281 g/mol. The molecule has 1 N–H and O–H groups in total. The minimum absolute atomic E-state index is 0.275. The lowest BCUT2D eigenvalue weighted by Gasteiger charge is -2.33. The lowest BCUT2D eigenvalue weighted by Crippen LogP contribution is -2.54. The van der Waals surface area contributed by atoms with E-state index in [0.29, 0.717) is 25.6 Å². The molecule has 2 amide bonds. The molecule has 1 saturated carbocycles. The van der Waals surface area contributed by atoms with Gasteiger partial charge in [-0.25, -0.2) is 0 Å². The molecule has 0 aromatic rings. The zero-order valence-corrected chi connectivity index (χ0v) is 12.7. The summed E-state index contributed by atoms with van der Waals surface area (Å²) in [6.45, 7) is 7.76. The summed E-state index contributed by atoms with van der Waals surface area (Å²) >= 11 is 0. The van der Waals surface area contributed by atoms with Crippen LogP contribution in [0.3, 0.4) is 0 Å². The number of amides is 2. The van der Waals surface area contributed by atoms with E-state index in [1.807, 2.05) is 4.90 Å². The molecule has 1 aliphatic carbocycles. The van der Waals surface area contributed by atoms with Crippen LogP contribution in [0.2, 0.25) is 0 Å². The number of nitrogens with zero attached hydrogens (tertiary/aromatic N) is 2. The average Bonchev–Trinajstić information content (AvgIpc) is 2.98. The van der Waals surface area contributed by atoms with E-state index in [1.165, 1.54) is 12.8 Å². The Labute approximate surface area is 121 Å². The normalized spacial score (nSPS) is 20.4. The predicted octanol–water partition coefficient (Wildman–Crippen LogP) is 0.845. The molecule has 0 unspecified atom stereocenters. The minimum Gasteiger partial charge on any atom is -0.332 e. The first kappa shape index (κ1) is 15.3. The van der Waals surface area contributed by atoms with Gasteiger partial charge in [-0.05, 0) is 18.8 Å². The Kier molecular flexibility index (Phi) is 5.40. The van der Waals surface area contributed by atoms with Gasteiger partial charge in [0.25, 0.3) is 0 Å². The van der Waals surface area contributed by atoms with Crippen LogP contribution in [-0.2, 0) is 9.59 Å². The van der Waals surface area contributed by atoms with Gasteiger partial charge in [0.05, 0.1) is 0 Å². The van der Waals surface area contributed by atoms with E-state index in [2.05, 4.69) is 19.2 Å². The van der Waals surface area contributed by atoms with E-state index >= 15 is 0 Å². The maximum absolute atomic E-state index is 12.6. The van der Waals surface area contributed by atoms with Gasteiger partial charge < -0.3 is 15.1 Å². The summed E-state index contributed by atoms with van der Waals surface area (Å²) in [5.41, 5.74) is 0. The zero-order chi connectivity index (χ0) is 14.5. The van der Waals surface area contributed by atoms with E-state index in [4.69, 9.17) is 0 Å². The van der Waals surface area contributed by atoms with E-state index in [-0.39, 0.29) is 17.9 Å².